The number of nitrogens with two attached hydrogens (primary N) is 1. The minimum atomic E-state index is 0.351. The van der Waals surface area contributed by atoms with E-state index in [1.54, 1.807) is 0 Å². The van der Waals surface area contributed by atoms with Crippen molar-refractivity contribution in [3.8, 4) is 11.1 Å². The van der Waals surface area contributed by atoms with Crippen molar-refractivity contribution in [2.24, 2.45) is 15.7 Å². The quantitative estimate of drug-likeness (QED) is 0.146. The Morgan fingerprint density at radius 2 is 1.29 bits per heavy atom. The molecule has 0 unspecified atom stereocenters. The van der Waals surface area contributed by atoms with Crippen LogP contribution in [0.5, 0.6) is 0 Å². The summed E-state index contributed by atoms with van der Waals surface area (Å²) in [6.07, 6.45) is 4.04. The van der Waals surface area contributed by atoms with Crippen LogP contribution in [0.1, 0.15) is 28.9 Å². The Kier molecular flexibility index (Phi) is 7.10. The molecular formula is C47H33N3O2. The average molecular weight is 672 g/mol. The van der Waals surface area contributed by atoms with Crippen LogP contribution >= 0.6 is 0 Å². The van der Waals surface area contributed by atoms with E-state index in [4.69, 9.17) is 24.6 Å². The maximum Gasteiger partial charge on any atom is 0.157 e. The second-order valence-corrected chi connectivity index (χ2v) is 13.4. The lowest BCUT2D eigenvalue weighted by atomic mass is 9.92. The van der Waals surface area contributed by atoms with E-state index in [1.807, 2.05) is 36.4 Å². The summed E-state index contributed by atoms with van der Waals surface area (Å²) < 4.78 is 12.8. The molecule has 0 fully saturated rings. The average Bonchev–Trinajstić information content (AvgIpc) is 3.77. The molecule has 52 heavy (non-hydrogen) atoms. The topological polar surface area (TPSA) is 77.0 Å². The molecule has 0 radical (unpaired) electrons. The van der Waals surface area contributed by atoms with Gasteiger partial charge in [0.05, 0.1) is 12.1 Å². The predicted molar refractivity (Wildman–Crippen MR) is 215 cm³/mol. The van der Waals surface area contributed by atoms with Gasteiger partial charge in [-0.05, 0) is 81.1 Å². The van der Waals surface area contributed by atoms with Crippen LogP contribution in [0.15, 0.2) is 170 Å². The molecule has 0 bridgehead atoms. The van der Waals surface area contributed by atoms with E-state index < -0.39 is 0 Å². The third-order valence-electron chi connectivity index (χ3n) is 10.2. The van der Waals surface area contributed by atoms with Crippen LogP contribution in [0.3, 0.4) is 0 Å². The van der Waals surface area contributed by atoms with Gasteiger partial charge in [0, 0.05) is 33.7 Å². The standard InChI is InChI=1S/C47H33N3O2/c48-46(39-16-8-15-38-37-14-5-6-17-41(37)52-45(38)39)50-47(35-22-20-30-10-2-4-12-32(30)26-35)49-28-36-13-7-18-43-44(36)40-27-34(23-24-42(40)51-43)33-21-19-29-9-1-3-11-31(29)25-33/h1-6,8-17,19-27H,7,18,28H2,(H2,48,49,50). The van der Waals surface area contributed by atoms with Crippen LogP contribution in [0.25, 0.3) is 71.2 Å². The van der Waals surface area contributed by atoms with Gasteiger partial charge in [0.1, 0.15) is 28.3 Å². The van der Waals surface area contributed by atoms with Crippen LogP contribution in [0, 0.1) is 0 Å². The van der Waals surface area contributed by atoms with Gasteiger partial charge < -0.3 is 14.6 Å². The predicted octanol–water partition coefficient (Wildman–Crippen LogP) is 11.5. The normalized spacial score (nSPS) is 13.7. The fraction of sp³-hybridized carbons (Fsp3) is 0.0638. The van der Waals surface area contributed by atoms with Gasteiger partial charge in [-0.15, -0.1) is 0 Å². The molecule has 0 amide bonds. The second kappa shape index (κ2) is 12.3. The van der Waals surface area contributed by atoms with E-state index in [-0.39, 0.29) is 0 Å². The highest BCUT2D eigenvalue weighted by atomic mass is 16.3. The third-order valence-corrected chi connectivity index (χ3v) is 10.2. The first-order valence-corrected chi connectivity index (χ1v) is 17.7. The van der Waals surface area contributed by atoms with Crippen molar-refractivity contribution >= 4 is 71.7 Å². The lowest BCUT2D eigenvalue weighted by Crippen LogP contribution is -2.17. The van der Waals surface area contributed by atoms with E-state index in [0.29, 0.717) is 18.2 Å². The molecule has 248 valence electrons. The number of amidine groups is 2. The molecule has 0 saturated heterocycles. The van der Waals surface area contributed by atoms with Crippen LogP contribution in [0.4, 0.5) is 0 Å². The number of rotatable bonds is 5. The summed E-state index contributed by atoms with van der Waals surface area (Å²) in [7, 11) is 0. The summed E-state index contributed by atoms with van der Waals surface area (Å²) in [4.78, 5) is 10.3. The molecule has 1 aliphatic rings. The second-order valence-electron chi connectivity index (χ2n) is 13.4. The van der Waals surface area contributed by atoms with Gasteiger partial charge in [-0.1, -0.05) is 115 Å². The third kappa shape index (κ3) is 5.17. The molecule has 2 N–H and O–H groups in total. The van der Waals surface area contributed by atoms with Crippen LogP contribution < -0.4 is 5.73 Å². The Bertz CT molecular complexity index is 2960. The monoisotopic (exact) mass is 671 g/mol. The Labute approximate surface area is 300 Å². The molecule has 9 aromatic rings. The molecule has 2 heterocycles. The molecule has 2 aromatic heterocycles. The molecule has 5 heteroatoms. The Morgan fingerprint density at radius 1 is 0.596 bits per heavy atom. The molecule has 0 aliphatic heterocycles. The summed E-state index contributed by atoms with van der Waals surface area (Å²) in [5.41, 5.74) is 15.5. The highest BCUT2D eigenvalue weighted by molar-refractivity contribution is 6.18. The van der Waals surface area contributed by atoms with Gasteiger partial charge in [-0.2, -0.15) is 0 Å². The lowest BCUT2D eigenvalue weighted by molar-refractivity contribution is 0.545. The zero-order valence-electron chi connectivity index (χ0n) is 28.3. The molecular weight excluding hydrogens is 639 g/mol. The zero-order valence-corrected chi connectivity index (χ0v) is 28.3. The van der Waals surface area contributed by atoms with Gasteiger partial charge in [0.15, 0.2) is 5.84 Å². The lowest BCUT2D eigenvalue weighted by Gasteiger charge is -2.13. The van der Waals surface area contributed by atoms with Gasteiger partial charge >= 0.3 is 0 Å². The molecule has 1 aliphatic carbocycles. The van der Waals surface area contributed by atoms with Gasteiger partial charge in [0.25, 0.3) is 0 Å². The van der Waals surface area contributed by atoms with Crippen molar-refractivity contribution in [3.63, 3.8) is 0 Å². The van der Waals surface area contributed by atoms with Gasteiger partial charge in [-0.3, -0.25) is 4.99 Å². The van der Waals surface area contributed by atoms with E-state index in [2.05, 4.69) is 115 Å². The van der Waals surface area contributed by atoms with Crippen molar-refractivity contribution in [1.29, 1.82) is 0 Å². The SMILES string of the molecule is NC(=NC(=NCC1=CCCc2oc3ccc(-c4ccc5ccccc5c4)cc3c21)c1ccc2ccccc2c1)c1cccc2c1oc1ccccc12. The smallest absolute Gasteiger partial charge is 0.157 e. The van der Waals surface area contributed by atoms with Crippen LogP contribution in [0.2, 0.25) is 0 Å². The van der Waals surface area contributed by atoms with Crippen molar-refractivity contribution in [1.82, 2.24) is 0 Å². The van der Waals surface area contributed by atoms with Crippen molar-refractivity contribution in [2.45, 2.75) is 12.8 Å². The number of hydrogen-bond acceptors (Lipinski definition) is 3. The number of nitrogens with zero attached hydrogens (tertiary/aromatic N) is 2. The number of aliphatic imine (C=N–C) groups is 2. The number of allylic oxidation sites excluding steroid dienone is 1. The first-order valence-electron chi connectivity index (χ1n) is 17.7. The summed E-state index contributed by atoms with van der Waals surface area (Å²) in [6.45, 7) is 0.426. The van der Waals surface area contributed by atoms with Crippen molar-refractivity contribution < 1.29 is 8.83 Å². The Hall–Kier alpha value is -6.72. The van der Waals surface area contributed by atoms with E-state index in [0.717, 1.165) is 90.1 Å². The maximum atomic E-state index is 6.86. The first kappa shape index (κ1) is 30.1. The number of para-hydroxylation sites is 2. The molecule has 7 aromatic carbocycles. The highest BCUT2D eigenvalue weighted by Crippen LogP contribution is 2.39. The minimum absolute atomic E-state index is 0.351. The van der Waals surface area contributed by atoms with Crippen LogP contribution in [-0.2, 0) is 6.42 Å². The molecule has 0 saturated carbocycles. The molecule has 10 rings (SSSR count). The fourth-order valence-corrected chi connectivity index (χ4v) is 7.65. The van der Waals surface area contributed by atoms with Crippen molar-refractivity contribution in [3.05, 3.63) is 174 Å². The Morgan fingerprint density at radius 3 is 2.15 bits per heavy atom. The van der Waals surface area contributed by atoms with Crippen LogP contribution in [-0.4, -0.2) is 18.2 Å². The number of benzene rings is 7. The molecule has 0 spiro atoms. The number of hydrogen-bond donors (Lipinski definition) is 1. The first-order chi connectivity index (χ1) is 25.7. The summed E-state index contributed by atoms with van der Waals surface area (Å²) in [5, 5.41) is 7.88. The van der Waals surface area contributed by atoms with E-state index in [9.17, 15) is 0 Å². The Balaban J connectivity index is 1.07. The zero-order chi connectivity index (χ0) is 34.6. The summed E-state index contributed by atoms with van der Waals surface area (Å²) >= 11 is 0. The summed E-state index contributed by atoms with van der Waals surface area (Å²) in [5.74, 6) is 1.92. The maximum absolute atomic E-state index is 6.86. The minimum Gasteiger partial charge on any atom is -0.460 e. The van der Waals surface area contributed by atoms with Gasteiger partial charge in [0.2, 0.25) is 0 Å². The fourth-order valence-electron chi connectivity index (χ4n) is 7.65. The largest absolute Gasteiger partial charge is 0.460 e. The number of fused-ring (bicyclic) bond motifs is 8. The van der Waals surface area contributed by atoms with Crippen molar-refractivity contribution in [2.75, 3.05) is 6.54 Å². The van der Waals surface area contributed by atoms with E-state index in [1.165, 1.54) is 16.3 Å². The summed E-state index contributed by atoms with van der Waals surface area (Å²) in [6, 6.07) is 50.3. The highest BCUT2D eigenvalue weighted by Gasteiger charge is 2.22. The molecule has 0 atom stereocenters. The number of aryl methyl sites for hydroxylation is 1. The number of furan rings is 2. The molecule has 5 nitrogen and oxygen atoms in total. The van der Waals surface area contributed by atoms with Gasteiger partial charge in [-0.25, -0.2) is 4.99 Å². The van der Waals surface area contributed by atoms with E-state index >= 15 is 0 Å².